The molecule has 0 spiro atoms. The van der Waals surface area contributed by atoms with Crippen molar-refractivity contribution >= 4 is 47.2 Å². The second-order valence-electron chi connectivity index (χ2n) is 5.40. The number of esters is 1. The van der Waals surface area contributed by atoms with E-state index in [1.807, 2.05) is 0 Å². The monoisotopic (exact) mass is 527 g/mol. The van der Waals surface area contributed by atoms with Crippen LogP contribution in [0.2, 0.25) is 0 Å². The van der Waals surface area contributed by atoms with Crippen molar-refractivity contribution in [3.63, 3.8) is 0 Å². The third-order valence-corrected chi connectivity index (χ3v) is 10.8. The number of nitrogens with one attached hydrogen (secondary N) is 1. The van der Waals surface area contributed by atoms with Gasteiger partial charge in [0.15, 0.2) is 0 Å². The van der Waals surface area contributed by atoms with Gasteiger partial charge in [-0.25, -0.2) is 0 Å². The molecule has 6 nitrogen and oxygen atoms in total. The molecule has 1 heterocycles. The molecule has 11 heteroatoms. The molecule has 0 fully saturated rings. The summed E-state index contributed by atoms with van der Waals surface area (Å²) in [6, 6.07) is 12.3. The number of ether oxygens (including phenoxy) is 1. The number of rotatable bonds is 5. The van der Waals surface area contributed by atoms with E-state index < -0.39 is 41.8 Å². The Balaban J connectivity index is 2.12. The van der Waals surface area contributed by atoms with E-state index >= 15 is 0 Å². The van der Waals surface area contributed by atoms with E-state index in [9.17, 15) is 26.4 Å². The Morgan fingerprint density at radius 2 is 1.79 bits per heavy atom. The van der Waals surface area contributed by atoms with E-state index in [4.69, 9.17) is 2.51 Å². The molecule has 0 saturated carbocycles. The molecule has 0 atom stereocenters. The molecule has 0 bridgehead atoms. The topological polar surface area (TPSA) is 85.5 Å². The zero-order valence-electron chi connectivity index (χ0n) is 14.2. The first-order chi connectivity index (χ1) is 13.1. The number of aromatic nitrogens is 1. The first kappa shape index (κ1) is 20.6. The molecule has 0 radical (unpaired) electrons. The fraction of sp³-hybridized carbons (Fsp3) is 0.118. The van der Waals surface area contributed by atoms with Gasteiger partial charge < -0.3 is 0 Å². The number of H-pyrrole nitrogens is 1. The predicted octanol–water partition coefficient (Wildman–Crippen LogP) is 4.28. The molecule has 0 aliphatic carbocycles. The summed E-state index contributed by atoms with van der Waals surface area (Å²) < 4.78 is 72.1. The van der Waals surface area contributed by atoms with Gasteiger partial charge in [0, 0.05) is 0 Å². The first-order valence-corrected chi connectivity index (χ1v) is 12.0. The van der Waals surface area contributed by atoms with E-state index in [0.717, 1.165) is 0 Å². The van der Waals surface area contributed by atoms with Gasteiger partial charge in [0.25, 0.3) is 0 Å². The summed E-state index contributed by atoms with van der Waals surface area (Å²) in [6.45, 7) is 0. The van der Waals surface area contributed by atoms with Gasteiger partial charge in [-0.2, -0.15) is 0 Å². The first-order valence-electron chi connectivity index (χ1n) is 7.60. The Labute approximate surface area is 165 Å². The summed E-state index contributed by atoms with van der Waals surface area (Å²) in [5.41, 5.74) is -4.83. The number of carbonyl (C=O) groups excluding carboxylic acids is 1. The number of hydrogen-bond acceptors (Lipinski definition) is 5. The minimum atomic E-state index is -5.78. The SMILES string of the molecule is COC(=O)c1ccc2c(I(OS(=O)(=O)C(F)(F)F)c3ccccc3)c[nH]c2c1. The van der Waals surface area contributed by atoms with Gasteiger partial charge in [0.1, 0.15) is 0 Å². The van der Waals surface area contributed by atoms with E-state index in [-0.39, 0.29) is 5.56 Å². The van der Waals surface area contributed by atoms with Crippen LogP contribution in [0.4, 0.5) is 13.2 Å². The molecule has 1 N–H and O–H groups in total. The normalized spacial score (nSPS) is 12.8. The average molecular weight is 527 g/mol. The summed E-state index contributed by atoms with van der Waals surface area (Å²) >= 11 is -3.50. The van der Waals surface area contributed by atoms with Gasteiger partial charge in [-0.3, -0.25) is 0 Å². The summed E-state index contributed by atoms with van der Waals surface area (Å²) in [5.74, 6) is -0.577. The van der Waals surface area contributed by atoms with Crippen LogP contribution in [0.3, 0.4) is 0 Å². The van der Waals surface area contributed by atoms with Crippen LogP contribution in [0, 0.1) is 7.14 Å². The number of halogens is 4. The summed E-state index contributed by atoms with van der Waals surface area (Å²) in [6.07, 6.45) is 1.41. The van der Waals surface area contributed by atoms with Crippen LogP contribution in [0.15, 0.2) is 54.7 Å². The number of benzene rings is 2. The summed E-state index contributed by atoms with van der Waals surface area (Å²) in [7, 11) is -4.56. The third kappa shape index (κ3) is 4.00. The molecule has 1 aromatic heterocycles. The third-order valence-electron chi connectivity index (χ3n) is 3.60. The van der Waals surface area contributed by atoms with Crippen LogP contribution in [0.1, 0.15) is 10.4 Å². The van der Waals surface area contributed by atoms with E-state index in [1.165, 1.54) is 43.6 Å². The number of hydrogen-bond donors (Lipinski definition) is 1. The molecule has 0 amide bonds. The van der Waals surface area contributed by atoms with Crippen LogP contribution in [-0.4, -0.2) is 32.0 Å². The minimum absolute atomic E-state index is 0.243. The molecule has 150 valence electrons. The number of aromatic amines is 1. The quantitative estimate of drug-likeness (QED) is 0.304. The maximum absolute atomic E-state index is 12.9. The fourth-order valence-electron chi connectivity index (χ4n) is 2.31. The Bertz CT molecular complexity index is 1110. The zero-order chi connectivity index (χ0) is 20.5. The van der Waals surface area contributed by atoms with E-state index in [1.54, 1.807) is 18.2 Å². The Kier molecular flexibility index (Phi) is 5.68. The van der Waals surface area contributed by atoms with Gasteiger partial charge >= 0.3 is 166 Å². The van der Waals surface area contributed by atoms with Crippen molar-refractivity contribution in [2.24, 2.45) is 0 Å². The van der Waals surface area contributed by atoms with Gasteiger partial charge in [0.05, 0.1) is 0 Å². The Hall–Kier alpha value is -2.12. The van der Waals surface area contributed by atoms with E-state index in [2.05, 4.69) is 9.72 Å². The summed E-state index contributed by atoms with van der Waals surface area (Å²) in [5, 5.41) is 0.471. The van der Waals surface area contributed by atoms with Crippen molar-refractivity contribution in [2.75, 3.05) is 7.11 Å². The van der Waals surface area contributed by atoms with Crippen LogP contribution in [-0.2, 0) is 17.4 Å². The second-order valence-corrected chi connectivity index (χ2v) is 11.8. The molecule has 0 aliphatic rings. The average Bonchev–Trinajstić information content (AvgIpc) is 3.08. The Morgan fingerprint density at radius 1 is 1.11 bits per heavy atom. The van der Waals surface area contributed by atoms with Gasteiger partial charge in [0.2, 0.25) is 0 Å². The van der Waals surface area contributed by atoms with Crippen molar-refractivity contribution < 1.29 is 33.6 Å². The van der Waals surface area contributed by atoms with Gasteiger partial charge in [-0.1, -0.05) is 0 Å². The molecule has 0 aliphatic heterocycles. The number of fused-ring (bicyclic) bond motifs is 1. The molecule has 28 heavy (non-hydrogen) atoms. The van der Waals surface area contributed by atoms with Crippen molar-refractivity contribution in [2.45, 2.75) is 5.51 Å². The standard InChI is InChI=1S/C17H13F3INO5S/c1-26-16(23)11-7-8-13-14(10-22-15(13)9-11)21(12-5-3-2-4-6-12)27-28(24,25)17(18,19)20/h2-10,22H,1H3. The van der Waals surface area contributed by atoms with E-state index in [0.29, 0.717) is 18.0 Å². The molecule has 3 rings (SSSR count). The van der Waals surface area contributed by atoms with Crippen molar-refractivity contribution in [3.8, 4) is 0 Å². The molecule has 3 aromatic rings. The zero-order valence-corrected chi connectivity index (χ0v) is 17.1. The number of methoxy groups -OCH3 is 1. The number of carbonyl (C=O) groups is 1. The van der Waals surface area contributed by atoms with Crippen molar-refractivity contribution in [3.05, 3.63) is 67.4 Å². The van der Waals surface area contributed by atoms with Crippen molar-refractivity contribution in [1.82, 2.24) is 4.98 Å². The predicted molar refractivity (Wildman–Crippen MR) is 104 cm³/mol. The summed E-state index contributed by atoms with van der Waals surface area (Å²) in [4.78, 5) is 14.5. The molecular weight excluding hydrogens is 514 g/mol. The van der Waals surface area contributed by atoms with Crippen LogP contribution >= 0.6 is 20.2 Å². The van der Waals surface area contributed by atoms with Crippen LogP contribution in [0.5, 0.6) is 0 Å². The fourth-order valence-corrected chi connectivity index (χ4v) is 9.10. The number of alkyl halides is 3. The second kappa shape index (κ2) is 7.72. The maximum atomic E-state index is 12.9. The van der Waals surface area contributed by atoms with Crippen LogP contribution < -0.4 is 0 Å². The van der Waals surface area contributed by atoms with Crippen molar-refractivity contribution in [1.29, 1.82) is 0 Å². The van der Waals surface area contributed by atoms with Gasteiger partial charge in [-0.15, -0.1) is 0 Å². The molecule has 2 aromatic carbocycles. The van der Waals surface area contributed by atoms with Gasteiger partial charge in [-0.05, 0) is 0 Å². The Morgan fingerprint density at radius 3 is 2.39 bits per heavy atom. The molecular formula is C17H13F3INO5S. The van der Waals surface area contributed by atoms with Crippen LogP contribution in [0.25, 0.3) is 10.9 Å². The molecule has 0 unspecified atom stereocenters. The molecule has 0 saturated heterocycles.